The lowest BCUT2D eigenvalue weighted by molar-refractivity contribution is -0.140. The van der Waals surface area contributed by atoms with Crippen LogP contribution in [0.25, 0.3) is 5.57 Å². The van der Waals surface area contributed by atoms with Crippen LogP contribution >= 0.6 is 0 Å². The van der Waals surface area contributed by atoms with Gasteiger partial charge in [-0.3, -0.25) is 9.69 Å². The molecule has 0 amide bonds. The standard InChI is InChI=1S/C17H20N2O2/c1-9-12-7-15-13(6-10(17(20)21)8-19(15)2)11-4-3-5-14(18-9)16(11)12/h3-6,9-10,12,15,18H,7-8H2,1-2H3,(H,20,21)/t9?,10-,12?,15-/m1/s1. The molecule has 4 nitrogen and oxygen atoms in total. The fraction of sp³-hybridized carbons (Fsp3) is 0.471. The Morgan fingerprint density at radius 1 is 1.43 bits per heavy atom. The second-order valence-corrected chi connectivity index (χ2v) is 6.56. The number of aliphatic carboxylic acids is 1. The van der Waals surface area contributed by atoms with E-state index in [0.717, 1.165) is 6.42 Å². The van der Waals surface area contributed by atoms with Crippen molar-refractivity contribution < 1.29 is 9.90 Å². The topological polar surface area (TPSA) is 52.6 Å². The first-order valence-corrected chi connectivity index (χ1v) is 7.61. The molecule has 4 heteroatoms. The van der Waals surface area contributed by atoms with Gasteiger partial charge in [0.1, 0.15) is 0 Å². The molecule has 0 saturated heterocycles. The van der Waals surface area contributed by atoms with Gasteiger partial charge in [0.25, 0.3) is 0 Å². The first kappa shape index (κ1) is 12.9. The molecule has 0 bridgehead atoms. The summed E-state index contributed by atoms with van der Waals surface area (Å²) in [6, 6.07) is 7.16. The molecular formula is C17H20N2O2. The van der Waals surface area contributed by atoms with Crippen LogP contribution in [0.2, 0.25) is 0 Å². The van der Waals surface area contributed by atoms with Gasteiger partial charge in [0.2, 0.25) is 0 Å². The predicted octanol–water partition coefficient (Wildman–Crippen LogP) is 2.39. The summed E-state index contributed by atoms with van der Waals surface area (Å²) in [4.78, 5) is 13.6. The molecule has 1 aromatic rings. The molecule has 2 heterocycles. The zero-order valence-electron chi connectivity index (χ0n) is 12.3. The van der Waals surface area contributed by atoms with E-state index in [2.05, 4.69) is 42.4 Å². The van der Waals surface area contributed by atoms with E-state index in [4.69, 9.17) is 0 Å². The summed E-state index contributed by atoms with van der Waals surface area (Å²) in [7, 11) is 2.05. The van der Waals surface area contributed by atoms with Crippen molar-refractivity contribution in [3.05, 3.63) is 35.4 Å². The number of likely N-dealkylation sites (N-methyl/N-ethyl adjacent to an activating group) is 1. The largest absolute Gasteiger partial charge is 0.481 e. The molecule has 21 heavy (non-hydrogen) atoms. The lowest BCUT2D eigenvalue weighted by atomic mass is 9.73. The summed E-state index contributed by atoms with van der Waals surface area (Å²) in [5, 5.41) is 12.9. The van der Waals surface area contributed by atoms with Crippen molar-refractivity contribution >= 4 is 17.2 Å². The lowest BCUT2D eigenvalue weighted by Gasteiger charge is -2.42. The van der Waals surface area contributed by atoms with E-state index in [-0.39, 0.29) is 0 Å². The van der Waals surface area contributed by atoms with Crippen LogP contribution in [0.3, 0.4) is 0 Å². The molecule has 0 saturated carbocycles. The first-order valence-electron chi connectivity index (χ1n) is 7.61. The molecule has 2 aliphatic heterocycles. The van der Waals surface area contributed by atoms with Crippen LogP contribution in [-0.2, 0) is 4.79 Å². The molecule has 1 aromatic carbocycles. The number of carbonyl (C=O) groups is 1. The maximum atomic E-state index is 11.4. The number of carboxylic acids is 1. The van der Waals surface area contributed by atoms with Crippen molar-refractivity contribution in [2.75, 3.05) is 18.9 Å². The maximum absolute atomic E-state index is 11.4. The first-order chi connectivity index (χ1) is 10.1. The van der Waals surface area contributed by atoms with Gasteiger partial charge in [-0.15, -0.1) is 0 Å². The summed E-state index contributed by atoms with van der Waals surface area (Å²) in [6.45, 7) is 2.85. The summed E-state index contributed by atoms with van der Waals surface area (Å²) >= 11 is 0. The monoisotopic (exact) mass is 284 g/mol. The number of nitrogens with one attached hydrogen (secondary N) is 1. The zero-order valence-corrected chi connectivity index (χ0v) is 12.3. The van der Waals surface area contributed by atoms with Gasteiger partial charge in [-0.2, -0.15) is 0 Å². The smallest absolute Gasteiger partial charge is 0.311 e. The second kappa shape index (κ2) is 4.34. The van der Waals surface area contributed by atoms with E-state index in [1.54, 1.807) is 0 Å². The molecule has 2 N–H and O–H groups in total. The third-order valence-electron chi connectivity index (χ3n) is 5.33. The number of hydrogen-bond acceptors (Lipinski definition) is 3. The minimum Gasteiger partial charge on any atom is -0.481 e. The Morgan fingerprint density at radius 2 is 2.24 bits per heavy atom. The van der Waals surface area contributed by atoms with E-state index in [9.17, 15) is 9.90 Å². The lowest BCUT2D eigenvalue weighted by Crippen LogP contribution is -2.45. The molecular weight excluding hydrogens is 264 g/mol. The maximum Gasteiger partial charge on any atom is 0.311 e. The van der Waals surface area contributed by atoms with E-state index in [1.165, 1.54) is 22.4 Å². The molecule has 4 atom stereocenters. The van der Waals surface area contributed by atoms with Gasteiger partial charge in [0.15, 0.2) is 0 Å². The van der Waals surface area contributed by atoms with Crippen LogP contribution < -0.4 is 5.32 Å². The number of nitrogens with zero attached hydrogens (tertiary/aromatic N) is 1. The predicted molar refractivity (Wildman–Crippen MR) is 82.4 cm³/mol. The Kier molecular flexibility index (Phi) is 2.67. The SMILES string of the molecule is CC1Nc2cccc3c2C1C[C@@H]1C3=C[C@@H](C(=O)O)CN1C. The Bertz CT molecular complexity index is 652. The van der Waals surface area contributed by atoms with Crippen LogP contribution in [0.4, 0.5) is 5.69 Å². The second-order valence-electron chi connectivity index (χ2n) is 6.56. The van der Waals surface area contributed by atoms with Crippen LogP contribution in [0.1, 0.15) is 30.4 Å². The molecule has 0 fully saturated rings. The number of hydrogen-bond donors (Lipinski definition) is 2. The highest BCUT2D eigenvalue weighted by Crippen LogP contribution is 2.50. The summed E-state index contributed by atoms with van der Waals surface area (Å²) in [6.07, 6.45) is 3.06. The average molecular weight is 284 g/mol. The molecule has 110 valence electrons. The number of anilines is 1. The van der Waals surface area contributed by atoms with Crippen LogP contribution in [0, 0.1) is 5.92 Å². The van der Waals surface area contributed by atoms with E-state index in [0.29, 0.717) is 24.5 Å². The van der Waals surface area contributed by atoms with Crippen molar-refractivity contribution in [3.63, 3.8) is 0 Å². The Labute approximate surface area is 124 Å². The highest BCUT2D eigenvalue weighted by molar-refractivity contribution is 5.85. The minimum atomic E-state index is -0.728. The van der Waals surface area contributed by atoms with Gasteiger partial charge in [-0.05, 0) is 43.2 Å². The summed E-state index contributed by atoms with van der Waals surface area (Å²) < 4.78 is 0. The van der Waals surface area contributed by atoms with E-state index in [1.807, 2.05) is 6.08 Å². The van der Waals surface area contributed by atoms with Crippen LogP contribution in [0.15, 0.2) is 24.3 Å². The van der Waals surface area contributed by atoms with Crippen LogP contribution in [0.5, 0.6) is 0 Å². The molecule has 2 unspecified atom stereocenters. The van der Waals surface area contributed by atoms with Crippen molar-refractivity contribution in [3.8, 4) is 0 Å². The molecule has 0 radical (unpaired) electrons. The van der Waals surface area contributed by atoms with Gasteiger partial charge in [0.05, 0.1) is 5.92 Å². The number of carboxylic acid groups (broad SMARTS) is 1. The van der Waals surface area contributed by atoms with E-state index < -0.39 is 11.9 Å². The summed E-state index contributed by atoms with van der Waals surface area (Å²) in [5.74, 6) is -0.600. The van der Waals surface area contributed by atoms with Gasteiger partial charge >= 0.3 is 5.97 Å². The minimum absolute atomic E-state index is 0.343. The number of fused-ring (bicyclic) bond motifs is 2. The van der Waals surface area contributed by atoms with Crippen molar-refractivity contribution in [1.29, 1.82) is 0 Å². The van der Waals surface area contributed by atoms with Crippen molar-refractivity contribution in [2.24, 2.45) is 5.92 Å². The third kappa shape index (κ3) is 1.75. The Balaban J connectivity index is 1.89. The zero-order chi connectivity index (χ0) is 14.7. The quantitative estimate of drug-likeness (QED) is 0.831. The van der Waals surface area contributed by atoms with Gasteiger partial charge in [-0.25, -0.2) is 0 Å². The van der Waals surface area contributed by atoms with Crippen LogP contribution in [-0.4, -0.2) is 41.7 Å². The van der Waals surface area contributed by atoms with Crippen molar-refractivity contribution in [2.45, 2.75) is 31.3 Å². The van der Waals surface area contributed by atoms with E-state index >= 15 is 0 Å². The molecule has 0 spiro atoms. The Hall–Kier alpha value is -1.81. The average Bonchev–Trinajstić information content (AvgIpc) is 2.77. The number of benzene rings is 1. The van der Waals surface area contributed by atoms with Gasteiger partial charge in [0, 0.05) is 30.2 Å². The normalized spacial score (nSPS) is 33.7. The molecule has 3 aliphatic rings. The molecule has 1 aliphatic carbocycles. The molecule has 0 aromatic heterocycles. The van der Waals surface area contributed by atoms with Gasteiger partial charge < -0.3 is 10.4 Å². The summed E-state index contributed by atoms with van der Waals surface area (Å²) in [5.41, 5.74) is 5.08. The highest BCUT2D eigenvalue weighted by Gasteiger charge is 2.42. The molecule has 4 rings (SSSR count). The van der Waals surface area contributed by atoms with Crippen molar-refractivity contribution in [1.82, 2.24) is 4.90 Å². The Morgan fingerprint density at radius 3 is 3.00 bits per heavy atom. The third-order valence-corrected chi connectivity index (χ3v) is 5.33. The fourth-order valence-corrected chi connectivity index (χ4v) is 4.28. The fourth-order valence-electron chi connectivity index (χ4n) is 4.28. The number of rotatable bonds is 1. The highest BCUT2D eigenvalue weighted by atomic mass is 16.4. The van der Waals surface area contributed by atoms with Gasteiger partial charge in [-0.1, -0.05) is 18.2 Å².